The number of hydrogen-bond acceptors (Lipinski definition) is 6. The number of aromatic nitrogens is 1. The van der Waals surface area contributed by atoms with Gasteiger partial charge >= 0.3 is 11.9 Å². The minimum Gasteiger partial charge on any atom is -0.465 e. The van der Waals surface area contributed by atoms with Crippen LogP contribution in [0.2, 0.25) is 0 Å². The number of anilines is 1. The Morgan fingerprint density at radius 3 is 2.67 bits per heavy atom. The van der Waals surface area contributed by atoms with Gasteiger partial charge in [-0.2, -0.15) is 0 Å². The van der Waals surface area contributed by atoms with Crippen LogP contribution in [0.1, 0.15) is 67.7 Å². The molecule has 1 aromatic heterocycles. The summed E-state index contributed by atoms with van der Waals surface area (Å²) in [6.45, 7) is 9.96. The van der Waals surface area contributed by atoms with E-state index in [4.69, 9.17) is 9.47 Å². The van der Waals surface area contributed by atoms with Crippen molar-refractivity contribution in [2.75, 3.05) is 25.2 Å². The number of hydrogen-bond donors (Lipinski definition) is 0. The Balaban J connectivity index is 1.92. The van der Waals surface area contributed by atoms with E-state index in [1.807, 2.05) is 6.07 Å². The number of nitrogens with zero attached hydrogens (tertiary/aromatic N) is 2. The van der Waals surface area contributed by atoms with Gasteiger partial charge < -0.3 is 14.4 Å². The molecule has 2 aliphatic rings. The van der Waals surface area contributed by atoms with Crippen LogP contribution in [0.25, 0.3) is 10.9 Å². The molecule has 1 aliphatic heterocycles. The lowest BCUT2D eigenvalue weighted by Crippen LogP contribution is -2.35. The van der Waals surface area contributed by atoms with Crippen LogP contribution in [0.3, 0.4) is 0 Å². The fourth-order valence-corrected chi connectivity index (χ4v) is 5.81. The van der Waals surface area contributed by atoms with Crippen molar-refractivity contribution in [3.8, 4) is 0 Å². The van der Waals surface area contributed by atoms with Gasteiger partial charge in [0, 0.05) is 24.2 Å². The van der Waals surface area contributed by atoms with Crippen LogP contribution >= 0.6 is 0 Å². The molecule has 2 fully saturated rings. The monoisotopic (exact) mass is 410 g/mol. The third kappa shape index (κ3) is 3.53. The molecule has 4 rings (SSSR count). The topological polar surface area (TPSA) is 68.7 Å². The number of ether oxygens (including phenoxy) is 2. The summed E-state index contributed by atoms with van der Waals surface area (Å²) in [6, 6.07) is 5.65. The first-order valence-electron chi connectivity index (χ1n) is 10.6. The molecule has 2 bridgehead atoms. The summed E-state index contributed by atoms with van der Waals surface area (Å²) in [5.41, 5.74) is 2.92. The number of rotatable bonds is 4. The molecule has 1 aliphatic carbocycles. The van der Waals surface area contributed by atoms with E-state index in [-0.39, 0.29) is 16.8 Å². The van der Waals surface area contributed by atoms with Crippen LogP contribution in [-0.2, 0) is 9.47 Å². The zero-order valence-electron chi connectivity index (χ0n) is 18.4. The van der Waals surface area contributed by atoms with Crippen LogP contribution < -0.4 is 4.90 Å². The third-order valence-corrected chi connectivity index (χ3v) is 6.46. The van der Waals surface area contributed by atoms with E-state index in [0.717, 1.165) is 42.4 Å². The number of pyridine rings is 1. The van der Waals surface area contributed by atoms with Crippen molar-refractivity contribution in [3.05, 3.63) is 35.5 Å². The van der Waals surface area contributed by atoms with E-state index in [1.54, 1.807) is 25.3 Å². The summed E-state index contributed by atoms with van der Waals surface area (Å²) in [4.78, 5) is 31.9. The Labute approximate surface area is 177 Å². The smallest absolute Gasteiger partial charge is 0.341 e. The number of carbonyl (C=O) groups is 2. The standard InChI is InChI=1S/C24H30N2O4/c1-6-30-22(28)18-12-25-19-8-7-15(21(27)29-5)9-17(19)20(18)26-14-24(4)11-16(26)10-23(2,3)13-24/h7-9,12,16H,6,10-11,13-14H2,1-5H3/t16-,24+/m1/s1. The number of methoxy groups -OCH3 is 1. The SMILES string of the molecule is CCOC(=O)c1cnc2ccc(C(=O)OC)cc2c1N1C[C@@]2(C)C[C@H]1CC(C)(C)C2. The Bertz CT molecular complexity index is 1020. The Morgan fingerprint density at radius 1 is 1.20 bits per heavy atom. The van der Waals surface area contributed by atoms with Crippen molar-refractivity contribution in [1.82, 2.24) is 4.98 Å². The molecule has 6 heteroatoms. The van der Waals surface area contributed by atoms with Crippen LogP contribution in [0.4, 0.5) is 5.69 Å². The summed E-state index contributed by atoms with van der Waals surface area (Å²) in [6.07, 6.45) is 4.92. The van der Waals surface area contributed by atoms with Gasteiger partial charge in [0.25, 0.3) is 0 Å². The van der Waals surface area contributed by atoms with E-state index in [1.165, 1.54) is 7.11 Å². The Morgan fingerprint density at radius 2 is 1.97 bits per heavy atom. The normalized spacial score (nSPS) is 24.7. The fourth-order valence-electron chi connectivity index (χ4n) is 5.81. The van der Waals surface area contributed by atoms with Crippen molar-refractivity contribution >= 4 is 28.5 Å². The zero-order chi connectivity index (χ0) is 21.7. The molecule has 2 aromatic rings. The van der Waals surface area contributed by atoms with Gasteiger partial charge in [0.05, 0.1) is 30.5 Å². The molecule has 160 valence electrons. The maximum atomic E-state index is 12.9. The van der Waals surface area contributed by atoms with E-state index in [0.29, 0.717) is 23.8 Å². The number of carbonyl (C=O) groups excluding carboxylic acids is 2. The van der Waals surface area contributed by atoms with Crippen LogP contribution in [0.15, 0.2) is 24.4 Å². The average Bonchev–Trinajstić information content (AvgIpc) is 2.94. The number of fused-ring (bicyclic) bond motifs is 3. The summed E-state index contributed by atoms with van der Waals surface area (Å²) < 4.78 is 10.3. The predicted octanol–water partition coefficient (Wildman–Crippen LogP) is 4.60. The molecular weight excluding hydrogens is 380 g/mol. The quantitative estimate of drug-likeness (QED) is 0.686. The highest BCUT2D eigenvalue weighted by molar-refractivity contribution is 6.07. The van der Waals surface area contributed by atoms with E-state index >= 15 is 0 Å². The highest BCUT2D eigenvalue weighted by atomic mass is 16.5. The van der Waals surface area contributed by atoms with Gasteiger partial charge in [0.15, 0.2) is 0 Å². The molecule has 1 saturated carbocycles. The van der Waals surface area contributed by atoms with Gasteiger partial charge in [0.1, 0.15) is 5.56 Å². The molecule has 30 heavy (non-hydrogen) atoms. The zero-order valence-corrected chi connectivity index (χ0v) is 18.4. The predicted molar refractivity (Wildman–Crippen MR) is 116 cm³/mol. The van der Waals surface area contributed by atoms with E-state index < -0.39 is 5.97 Å². The minimum absolute atomic E-state index is 0.188. The lowest BCUT2D eigenvalue weighted by Gasteiger charge is -2.39. The van der Waals surface area contributed by atoms with Gasteiger partial charge in [-0.1, -0.05) is 20.8 Å². The second-order valence-corrected chi connectivity index (χ2v) is 9.81. The molecule has 0 amide bonds. The molecule has 0 spiro atoms. The second-order valence-electron chi connectivity index (χ2n) is 9.81. The number of benzene rings is 1. The lowest BCUT2D eigenvalue weighted by atomic mass is 9.65. The first kappa shape index (κ1) is 20.6. The van der Waals surface area contributed by atoms with Crippen LogP contribution in [-0.4, -0.2) is 43.2 Å². The minimum atomic E-state index is -0.405. The van der Waals surface area contributed by atoms with Gasteiger partial charge in [-0.05, 0) is 55.2 Å². The summed E-state index contributed by atoms with van der Waals surface area (Å²) in [7, 11) is 1.37. The molecule has 0 N–H and O–H groups in total. The number of esters is 2. The molecule has 1 saturated heterocycles. The fraction of sp³-hybridized carbons (Fsp3) is 0.542. The average molecular weight is 411 g/mol. The highest BCUT2D eigenvalue weighted by Crippen LogP contribution is 2.54. The maximum absolute atomic E-state index is 12.9. The first-order chi connectivity index (χ1) is 14.2. The molecule has 0 radical (unpaired) electrons. The molecule has 6 nitrogen and oxygen atoms in total. The molecular formula is C24H30N2O4. The van der Waals surface area contributed by atoms with Crippen molar-refractivity contribution < 1.29 is 19.1 Å². The maximum Gasteiger partial charge on any atom is 0.341 e. The summed E-state index contributed by atoms with van der Waals surface area (Å²) in [5.74, 6) is -0.783. The van der Waals surface area contributed by atoms with E-state index in [2.05, 4.69) is 30.7 Å². The Hall–Kier alpha value is -2.63. The van der Waals surface area contributed by atoms with Crippen LogP contribution in [0, 0.1) is 10.8 Å². The van der Waals surface area contributed by atoms with Crippen molar-refractivity contribution in [1.29, 1.82) is 0 Å². The van der Waals surface area contributed by atoms with E-state index in [9.17, 15) is 9.59 Å². The summed E-state index contributed by atoms with van der Waals surface area (Å²) in [5, 5.41) is 0.789. The summed E-state index contributed by atoms with van der Waals surface area (Å²) >= 11 is 0. The van der Waals surface area contributed by atoms with Gasteiger partial charge in [-0.15, -0.1) is 0 Å². The molecule has 2 heterocycles. The molecule has 2 atom stereocenters. The molecule has 1 aromatic carbocycles. The van der Waals surface area contributed by atoms with Crippen molar-refractivity contribution in [2.24, 2.45) is 10.8 Å². The highest BCUT2D eigenvalue weighted by Gasteiger charge is 2.50. The van der Waals surface area contributed by atoms with Crippen LogP contribution in [0.5, 0.6) is 0 Å². The largest absolute Gasteiger partial charge is 0.465 e. The van der Waals surface area contributed by atoms with Crippen molar-refractivity contribution in [3.63, 3.8) is 0 Å². The second kappa shape index (κ2) is 7.25. The third-order valence-electron chi connectivity index (χ3n) is 6.46. The lowest BCUT2D eigenvalue weighted by molar-refractivity contribution is 0.0525. The van der Waals surface area contributed by atoms with Crippen molar-refractivity contribution in [2.45, 2.75) is 53.0 Å². The van der Waals surface area contributed by atoms with Gasteiger partial charge in [-0.25, -0.2) is 9.59 Å². The van der Waals surface area contributed by atoms with Gasteiger partial charge in [0.2, 0.25) is 0 Å². The molecule has 0 unspecified atom stereocenters. The Kier molecular flexibility index (Phi) is 4.99. The van der Waals surface area contributed by atoms with Gasteiger partial charge in [-0.3, -0.25) is 4.98 Å². The first-order valence-corrected chi connectivity index (χ1v) is 10.6.